The zero-order valence-corrected chi connectivity index (χ0v) is 12.6. The molecule has 2 unspecified atom stereocenters. The molecule has 1 aliphatic heterocycles. The second-order valence-electron chi connectivity index (χ2n) is 5.65. The fraction of sp³-hybridized carbons (Fsp3) is 0.643. The van der Waals surface area contributed by atoms with Crippen LogP contribution in [0.25, 0.3) is 11.2 Å². The monoisotopic (exact) mass is 274 g/mol. The van der Waals surface area contributed by atoms with Gasteiger partial charge >= 0.3 is 0 Å². The summed E-state index contributed by atoms with van der Waals surface area (Å²) in [5, 5.41) is 0. The maximum atomic E-state index is 4.52. The van der Waals surface area contributed by atoms with Crippen molar-refractivity contribution in [2.75, 3.05) is 25.5 Å². The largest absolute Gasteiger partial charge is 0.350 e. The zero-order valence-electron chi connectivity index (χ0n) is 12.6. The SMILES string of the molecule is CCn1cnc2c(N3CCC(N(C)C)C3C)ncnc21. The molecular weight excluding hydrogens is 252 g/mol. The van der Waals surface area contributed by atoms with E-state index in [-0.39, 0.29) is 0 Å². The molecule has 6 heteroatoms. The van der Waals surface area contributed by atoms with E-state index in [0.717, 1.165) is 36.5 Å². The van der Waals surface area contributed by atoms with Crippen molar-refractivity contribution in [1.82, 2.24) is 24.4 Å². The summed E-state index contributed by atoms with van der Waals surface area (Å²) >= 11 is 0. The molecule has 0 radical (unpaired) electrons. The molecule has 0 N–H and O–H groups in total. The van der Waals surface area contributed by atoms with Gasteiger partial charge in [-0.3, -0.25) is 0 Å². The number of imidazole rings is 1. The van der Waals surface area contributed by atoms with Crippen molar-refractivity contribution in [2.24, 2.45) is 0 Å². The van der Waals surface area contributed by atoms with Gasteiger partial charge < -0.3 is 14.4 Å². The van der Waals surface area contributed by atoms with E-state index < -0.39 is 0 Å². The van der Waals surface area contributed by atoms with Gasteiger partial charge in [0, 0.05) is 25.2 Å². The van der Waals surface area contributed by atoms with Gasteiger partial charge in [-0.15, -0.1) is 0 Å². The van der Waals surface area contributed by atoms with Crippen LogP contribution in [0.4, 0.5) is 5.82 Å². The van der Waals surface area contributed by atoms with E-state index >= 15 is 0 Å². The summed E-state index contributed by atoms with van der Waals surface area (Å²) < 4.78 is 2.06. The third-order valence-corrected chi connectivity index (χ3v) is 4.37. The number of rotatable bonds is 3. The van der Waals surface area contributed by atoms with Gasteiger partial charge in [0.2, 0.25) is 0 Å². The van der Waals surface area contributed by atoms with Crippen molar-refractivity contribution in [3.63, 3.8) is 0 Å². The quantitative estimate of drug-likeness (QED) is 0.846. The summed E-state index contributed by atoms with van der Waals surface area (Å²) in [5.74, 6) is 0.971. The first kappa shape index (κ1) is 13.3. The van der Waals surface area contributed by atoms with E-state index in [1.54, 1.807) is 6.33 Å². The first-order valence-electron chi connectivity index (χ1n) is 7.22. The smallest absolute Gasteiger partial charge is 0.165 e. The van der Waals surface area contributed by atoms with Crippen LogP contribution in [-0.2, 0) is 6.54 Å². The molecule has 3 heterocycles. The first-order valence-corrected chi connectivity index (χ1v) is 7.22. The molecule has 0 aliphatic carbocycles. The van der Waals surface area contributed by atoms with Crippen molar-refractivity contribution in [2.45, 2.75) is 38.9 Å². The normalized spacial score (nSPS) is 23.1. The molecule has 1 saturated heterocycles. The molecule has 20 heavy (non-hydrogen) atoms. The first-order chi connectivity index (χ1) is 9.63. The highest BCUT2D eigenvalue weighted by molar-refractivity contribution is 5.83. The number of fused-ring (bicyclic) bond motifs is 1. The van der Waals surface area contributed by atoms with Crippen LogP contribution in [-0.4, -0.2) is 57.1 Å². The maximum absolute atomic E-state index is 4.52. The Morgan fingerprint density at radius 2 is 2.10 bits per heavy atom. The number of anilines is 1. The van der Waals surface area contributed by atoms with Crippen LogP contribution in [0.15, 0.2) is 12.7 Å². The Morgan fingerprint density at radius 1 is 1.30 bits per heavy atom. The van der Waals surface area contributed by atoms with Crippen molar-refractivity contribution >= 4 is 17.0 Å². The molecule has 0 saturated carbocycles. The summed E-state index contributed by atoms with van der Waals surface area (Å²) in [6, 6.07) is 1.00. The second kappa shape index (κ2) is 5.01. The fourth-order valence-electron chi connectivity index (χ4n) is 3.22. The van der Waals surface area contributed by atoms with Crippen molar-refractivity contribution in [3.8, 4) is 0 Å². The average Bonchev–Trinajstić information content (AvgIpc) is 3.01. The number of nitrogens with zero attached hydrogens (tertiary/aromatic N) is 6. The molecule has 108 valence electrons. The van der Waals surface area contributed by atoms with Gasteiger partial charge in [-0.1, -0.05) is 0 Å². The Labute approximate surface area is 119 Å². The molecule has 0 aromatic carbocycles. The molecule has 1 fully saturated rings. The van der Waals surface area contributed by atoms with Gasteiger partial charge in [-0.25, -0.2) is 15.0 Å². The van der Waals surface area contributed by atoms with Crippen LogP contribution in [0, 0.1) is 0 Å². The Morgan fingerprint density at radius 3 is 2.75 bits per heavy atom. The van der Waals surface area contributed by atoms with Crippen molar-refractivity contribution < 1.29 is 0 Å². The van der Waals surface area contributed by atoms with Gasteiger partial charge in [-0.05, 0) is 34.4 Å². The molecule has 3 rings (SSSR count). The lowest BCUT2D eigenvalue weighted by Gasteiger charge is -2.29. The summed E-state index contributed by atoms with van der Waals surface area (Å²) in [6.07, 6.45) is 4.67. The standard InChI is InChI=1S/C14H22N6/c1-5-19-9-17-12-13(19)15-8-16-14(12)20-7-6-11(10(20)2)18(3)4/h8-11H,5-7H2,1-4H3. The fourth-order valence-corrected chi connectivity index (χ4v) is 3.22. The Balaban J connectivity index is 2.01. The minimum absolute atomic E-state index is 0.440. The average molecular weight is 274 g/mol. The van der Waals surface area contributed by atoms with E-state index in [2.05, 4.69) is 57.3 Å². The van der Waals surface area contributed by atoms with Gasteiger partial charge in [-0.2, -0.15) is 0 Å². The van der Waals surface area contributed by atoms with Crippen LogP contribution >= 0.6 is 0 Å². The predicted octanol–water partition coefficient (Wildman–Crippen LogP) is 1.37. The molecule has 1 aliphatic rings. The van der Waals surface area contributed by atoms with Crippen molar-refractivity contribution in [3.05, 3.63) is 12.7 Å². The summed E-state index contributed by atoms with van der Waals surface area (Å²) in [6.45, 7) is 6.27. The minimum atomic E-state index is 0.440. The van der Waals surface area contributed by atoms with E-state index in [4.69, 9.17) is 0 Å². The van der Waals surface area contributed by atoms with Crippen LogP contribution in [0.5, 0.6) is 0 Å². The summed E-state index contributed by atoms with van der Waals surface area (Å²) in [4.78, 5) is 18.1. The van der Waals surface area contributed by atoms with Gasteiger partial charge in [0.25, 0.3) is 0 Å². The number of likely N-dealkylation sites (N-methyl/N-ethyl adjacent to an activating group) is 1. The lowest BCUT2D eigenvalue weighted by molar-refractivity contribution is 0.283. The van der Waals surface area contributed by atoms with Gasteiger partial charge in [0.15, 0.2) is 17.0 Å². The number of hydrogen-bond donors (Lipinski definition) is 0. The Hall–Kier alpha value is -1.69. The number of hydrogen-bond acceptors (Lipinski definition) is 5. The molecule has 2 aromatic rings. The molecule has 0 bridgehead atoms. The van der Waals surface area contributed by atoms with Crippen LogP contribution < -0.4 is 4.90 Å². The van der Waals surface area contributed by atoms with Crippen LogP contribution in [0.2, 0.25) is 0 Å². The zero-order chi connectivity index (χ0) is 14.3. The lowest BCUT2D eigenvalue weighted by Crippen LogP contribution is -2.40. The summed E-state index contributed by atoms with van der Waals surface area (Å²) in [5.41, 5.74) is 1.85. The van der Waals surface area contributed by atoms with E-state index in [1.165, 1.54) is 0 Å². The van der Waals surface area contributed by atoms with Crippen molar-refractivity contribution in [1.29, 1.82) is 0 Å². The Bertz CT molecular complexity index is 605. The van der Waals surface area contributed by atoms with Crippen LogP contribution in [0.1, 0.15) is 20.3 Å². The molecule has 0 spiro atoms. The van der Waals surface area contributed by atoms with Gasteiger partial charge in [0.1, 0.15) is 6.33 Å². The highest BCUT2D eigenvalue weighted by Crippen LogP contribution is 2.30. The molecule has 6 nitrogen and oxygen atoms in total. The molecule has 2 aromatic heterocycles. The minimum Gasteiger partial charge on any atom is -0.350 e. The molecule has 0 amide bonds. The molecular formula is C14H22N6. The number of aromatic nitrogens is 4. The molecule has 2 atom stereocenters. The third kappa shape index (κ3) is 1.95. The summed E-state index contributed by atoms with van der Waals surface area (Å²) in [7, 11) is 4.29. The second-order valence-corrected chi connectivity index (χ2v) is 5.65. The van der Waals surface area contributed by atoms with E-state index in [9.17, 15) is 0 Å². The lowest BCUT2D eigenvalue weighted by atomic mass is 10.1. The third-order valence-electron chi connectivity index (χ3n) is 4.37. The maximum Gasteiger partial charge on any atom is 0.165 e. The van der Waals surface area contributed by atoms with Crippen LogP contribution in [0.3, 0.4) is 0 Å². The predicted molar refractivity (Wildman–Crippen MR) is 79.9 cm³/mol. The van der Waals surface area contributed by atoms with E-state index in [1.807, 2.05) is 6.33 Å². The Kier molecular flexibility index (Phi) is 3.33. The highest BCUT2D eigenvalue weighted by Gasteiger charge is 2.34. The van der Waals surface area contributed by atoms with E-state index in [0.29, 0.717) is 12.1 Å². The van der Waals surface area contributed by atoms with Gasteiger partial charge in [0.05, 0.1) is 6.33 Å². The topological polar surface area (TPSA) is 50.1 Å². The number of aryl methyl sites for hydroxylation is 1. The highest BCUT2D eigenvalue weighted by atomic mass is 15.3.